The van der Waals surface area contributed by atoms with Crippen molar-refractivity contribution >= 4 is 0 Å². The highest BCUT2D eigenvalue weighted by atomic mass is 16.3. The molecular weight excluding hydrogens is 234 g/mol. The quantitative estimate of drug-likeness (QED) is 0.830. The zero-order valence-corrected chi connectivity index (χ0v) is 11.9. The molecule has 104 valence electrons. The van der Waals surface area contributed by atoms with E-state index >= 15 is 0 Å². The highest BCUT2D eigenvalue weighted by Gasteiger charge is 2.35. The van der Waals surface area contributed by atoms with Gasteiger partial charge in [-0.1, -0.05) is 31.4 Å². The van der Waals surface area contributed by atoms with E-state index in [2.05, 4.69) is 18.0 Å². The number of likely N-dealkylation sites (tertiary alicyclic amines) is 1. The Balaban J connectivity index is 1.78. The number of hydrogen-bond acceptors (Lipinski definition) is 2. The predicted molar refractivity (Wildman–Crippen MR) is 78.5 cm³/mol. The van der Waals surface area contributed by atoms with E-state index in [4.69, 9.17) is 0 Å². The van der Waals surface area contributed by atoms with E-state index in [1.807, 2.05) is 12.1 Å². The van der Waals surface area contributed by atoms with Crippen LogP contribution in [-0.4, -0.2) is 29.6 Å². The van der Waals surface area contributed by atoms with Crippen molar-refractivity contribution in [1.29, 1.82) is 0 Å². The Bertz CT molecular complexity index is 431. The first-order valence-corrected chi connectivity index (χ1v) is 7.73. The first-order chi connectivity index (χ1) is 9.24. The molecule has 1 aromatic rings. The molecule has 1 saturated carbocycles. The van der Waals surface area contributed by atoms with Crippen molar-refractivity contribution in [3.8, 4) is 5.75 Å². The number of phenolic OH excluding ortho intramolecular Hbond substituents is 1. The summed E-state index contributed by atoms with van der Waals surface area (Å²) in [5, 5.41) is 9.67. The Hall–Kier alpha value is -1.02. The van der Waals surface area contributed by atoms with E-state index in [1.54, 1.807) is 6.07 Å². The Morgan fingerprint density at radius 1 is 1.16 bits per heavy atom. The minimum Gasteiger partial charge on any atom is -0.508 e. The van der Waals surface area contributed by atoms with Gasteiger partial charge in [0, 0.05) is 12.6 Å². The lowest BCUT2D eigenvalue weighted by Gasteiger charge is -2.42. The molecule has 19 heavy (non-hydrogen) atoms. The van der Waals surface area contributed by atoms with Crippen molar-refractivity contribution in [1.82, 2.24) is 4.90 Å². The molecule has 2 aliphatic rings. The molecule has 1 aromatic carbocycles. The summed E-state index contributed by atoms with van der Waals surface area (Å²) in [6, 6.07) is 8.68. The van der Waals surface area contributed by atoms with Crippen LogP contribution in [0.1, 0.15) is 50.0 Å². The van der Waals surface area contributed by atoms with Crippen molar-refractivity contribution in [3.05, 3.63) is 29.8 Å². The molecule has 2 fully saturated rings. The molecule has 2 heteroatoms. The van der Waals surface area contributed by atoms with Crippen LogP contribution in [0.3, 0.4) is 0 Å². The maximum absolute atomic E-state index is 9.67. The summed E-state index contributed by atoms with van der Waals surface area (Å²) in [5.41, 5.74) is 1.31. The van der Waals surface area contributed by atoms with Gasteiger partial charge >= 0.3 is 0 Å². The molecule has 1 heterocycles. The van der Waals surface area contributed by atoms with Gasteiger partial charge in [-0.15, -0.1) is 0 Å². The minimum absolute atomic E-state index is 0.406. The summed E-state index contributed by atoms with van der Waals surface area (Å²) in [4.78, 5) is 2.58. The molecule has 1 saturated heterocycles. The first-order valence-electron chi connectivity index (χ1n) is 7.73. The SMILES string of the molecule is CN1CC(c2cccc(O)c2)CC2CCCCCC21. The molecule has 2 nitrogen and oxygen atoms in total. The second-order valence-corrected chi connectivity index (χ2v) is 6.43. The predicted octanol–water partition coefficient (Wildman–Crippen LogP) is 3.76. The Morgan fingerprint density at radius 2 is 2.00 bits per heavy atom. The Labute approximate surface area is 116 Å². The summed E-state index contributed by atoms with van der Waals surface area (Å²) in [5.74, 6) is 1.85. The molecule has 3 atom stereocenters. The van der Waals surface area contributed by atoms with Gasteiger partial charge in [0.25, 0.3) is 0 Å². The average molecular weight is 259 g/mol. The molecule has 0 radical (unpaired) electrons. The second-order valence-electron chi connectivity index (χ2n) is 6.43. The molecule has 1 N–H and O–H groups in total. The van der Waals surface area contributed by atoms with Gasteiger partial charge in [0.15, 0.2) is 0 Å². The van der Waals surface area contributed by atoms with E-state index in [-0.39, 0.29) is 0 Å². The number of fused-ring (bicyclic) bond motifs is 1. The van der Waals surface area contributed by atoms with Crippen LogP contribution in [0, 0.1) is 5.92 Å². The smallest absolute Gasteiger partial charge is 0.115 e. The standard InChI is InChI=1S/C17H25NO/c1-18-12-15(13-7-5-8-16(19)11-13)10-14-6-3-2-4-9-17(14)18/h5,7-8,11,14-15,17,19H,2-4,6,9-10,12H2,1H3. The van der Waals surface area contributed by atoms with E-state index in [0.717, 1.165) is 18.5 Å². The fourth-order valence-corrected chi connectivity index (χ4v) is 4.16. The molecule has 1 aliphatic heterocycles. The third-order valence-corrected chi connectivity index (χ3v) is 5.12. The van der Waals surface area contributed by atoms with Crippen LogP contribution in [0.4, 0.5) is 0 Å². The van der Waals surface area contributed by atoms with Gasteiger partial charge in [-0.2, -0.15) is 0 Å². The average Bonchev–Trinajstić information content (AvgIpc) is 2.64. The normalized spacial score (nSPS) is 32.6. The van der Waals surface area contributed by atoms with Crippen LogP contribution in [0.25, 0.3) is 0 Å². The van der Waals surface area contributed by atoms with Crippen molar-refractivity contribution in [2.24, 2.45) is 5.92 Å². The third kappa shape index (κ3) is 2.79. The molecule has 0 bridgehead atoms. The number of aromatic hydroxyl groups is 1. The van der Waals surface area contributed by atoms with Gasteiger partial charge in [-0.05, 0) is 55.8 Å². The van der Waals surface area contributed by atoms with Gasteiger partial charge < -0.3 is 10.0 Å². The number of benzene rings is 1. The molecule has 0 amide bonds. The maximum Gasteiger partial charge on any atom is 0.115 e. The van der Waals surface area contributed by atoms with Crippen molar-refractivity contribution in [3.63, 3.8) is 0 Å². The highest BCUT2D eigenvalue weighted by molar-refractivity contribution is 5.30. The van der Waals surface area contributed by atoms with Gasteiger partial charge in [-0.3, -0.25) is 0 Å². The molecule has 1 aliphatic carbocycles. The van der Waals surface area contributed by atoms with Gasteiger partial charge in [0.1, 0.15) is 5.75 Å². The van der Waals surface area contributed by atoms with Crippen LogP contribution in [0.5, 0.6) is 5.75 Å². The lowest BCUT2D eigenvalue weighted by Crippen LogP contribution is -2.45. The fourth-order valence-electron chi connectivity index (χ4n) is 4.16. The molecule has 0 spiro atoms. The molecule has 0 aromatic heterocycles. The summed E-state index contributed by atoms with van der Waals surface area (Å²) >= 11 is 0. The number of phenols is 1. The largest absolute Gasteiger partial charge is 0.508 e. The number of rotatable bonds is 1. The summed E-state index contributed by atoms with van der Waals surface area (Å²) in [6.45, 7) is 1.14. The Morgan fingerprint density at radius 3 is 2.84 bits per heavy atom. The lowest BCUT2D eigenvalue weighted by molar-refractivity contribution is 0.0980. The fraction of sp³-hybridized carbons (Fsp3) is 0.647. The zero-order chi connectivity index (χ0) is 13.2. The first kappa shape index (κ1) is 13.0. The minimum atomic E-state index is 0.406. The number of nitrogens with zero attached hydrogens (tertiary/aromatic N) is 1. The third-order valence-electron chi connectivity index (χ3n) is 5.12. The second kappa shape index (κ2) is 5.54. The molecule has 3 unspecified atom stereocenters. The monoisotopic (exact) mass is 259 g/mol. The van der Waals surface area contributed by atoms with Crippen molar-refractivity contribution < 1.29 is 5.11 Å². The van der Waals surface area contributed by atoms with E-state index in [9.17, 15) is 5.11 Å². The topological polar surface area (TPSA) is 23.5 Å². The summed E-state index contributed by atoms with van der Waals surface area (Å²) < 4.78 is 0. The highest BCUT2D eigenvalue weighted by Crippen LogP contribution is 2.39. The van der Waals surface area contributed by atoms with Crippen LogP contribution < -0.4 is 0 Å². The zero-order valence-electron chi connectivity index (χ0n) is 11.9. The van der Waals surface area contributed by atoms with Crippen LogP contribution >= 0.6 is 0 Å². The van der Waals surface area contributed by atoms with E-state index in [0.29, 0.717) is 11.7 Å². The molecular formula is C17H25NO. The van der Waals surface area contributed by atoms with Crippen LogP contribution in [0.15, 0.2) is 24.3 Å². The summed E-state index contributed by atoms with van der Waals surface area (Å²) in [7, 11) is 2.29. The number of likely N-dealkylation sites (N-methyl/N-ethyl adjacent to an activating group) is 1. The number of hydrogen-bond donors (Lipinski definition) is 1. The Kier molecular flexibility index (Phi) is 3.79. The lowest BCUT2D eigenvalue weighted by atomic mass is 9.78. The summed E-state index contributed by atoms with van der Waals surface area (Å²) in [6.07, 6.45) is 8.30. The van der Waals surface area contributed by atoms with Crippen molar-refractivity contribution in [2.75, 3.05) is 13.6 Å². The maximum atomic E-state index is 9.67. The van der Waals surface area contributed by atoms with Gasteiger partial charge in [0.05, 0.1) is 0 Å². The van der Waals surface area contributed by atoms with Crippen LogP contribution in [0.2, 0.25) is 0 Å². The van der Waals surface area contributed by atoms with E-state index < -0.39 is 0 Å². The van der Waals surface area contributed by atoms with Crippen LogP contribution in [-0.2, 0) is 0 Å². The van der Waals surface area contributed by atoms with Crippen molar-refractivity contribution in [2.45, 2.75) is 50.5 Å². The molecule has 3 rings (SSSR count). The van der Waals surface area contributed by atoms with Gasteiger partial charge in [-0.25, -0.2) is 0 Å². The number of piperidine rings is 1. The van der Waals surface area contributed by atoms with E-state index in [1.165, 1.54) is 44.1 Å². The van der Waals surface area contributed by atoms with Gasteiger partial charge in [0.2, 0.25) is 0 Å².